The first-order valence-electron chi connectivity index (χ1n) is 4.22. The average Bonchev–Trinajstić information content (AvgIpc) is 2.14. The van der Waals surface area contributed by atoms with E-state index in [9.17, 15) is 9.59 Å². The lowest BCUT2D eigenvalue weighted by Crippen LogP contribution is -2.44. The van der Waals surface area contributed by atoms with E-state index < -0.39 is 18.6 Å². The van der Waals surface area contributed by atoms with Gasteiger partial charge in [-0.05, 0) is 6.92 Å². The molecule has 0 rings (SSSR count). The van der Waals surface area contributed by atoms with Crippen molar-refractivity contribution in [2.24, 2.45) is 0 Å². The van der Waals surface area contributed by atoms with E-state index in [4.69, 9.17) is 5.11 Å². The van der Waals surface area contributed by atoms with Gasteiger partial charge < -0.3 is 15.2 Å². The van der Waals surface area contributed by atoms with Crippen molar-refractivity contribution in [2.75, 3.05) is 13.2 Å². The molecule has 0 aromatic carbocycles. The van der Waals surface area contributed by atoms with Crippen LogP contribution in [-0.2, 0) is 14.3 Å². The van der Waals surface area contributed by atoms with Crippen molar-refractivity contribution in [1.82, 2.24) is 5.32 Å². The molecule has 0 aromatic rings. The normalized spacial score (nSPS) is 11.9. The standard InChI is InChI=1S/C8H15NO4/c1-3-7(11)9-6(5-10)8(12)13-4-2/h6,10H,3-5H2,1-2H3,(H,9,11). The molecule has 0 spiro atoms. The zero-order valence-electron chi connectivity index (χ0n) is 7.87. The van der Waals surface area contributed by atoms with Gasteiger partial charge in [-0.1, -0.05) is 6.92 Å². The van der Waals surface area contributed by atoms with Crippen LogP contribution in [0, 0.1) is 0 Å². The molecule has 1 unspecified atom stereocenters. The predicted octanol–water partition coefficient (Wildman–Crippen LogP) is -0.563. The van der Waals surface area contributed by atoms with Crippen LogP contribution in [0.2, 0.25) is 0 Å². The molecule has 0 fully saturated rings. The number of rotatable bonds is 5. The molecular weight excluding hydrogens is 174 g/mol. The number of ether oxygens (including phenoxy) is 1. The highest BCUT2D eigenvalue weighted by Gasteiger charge is 2.19. The molecule has 0 radical (unpaired) electrons. The van der Waals surface area contributed by atoms with Gasteiger partial charge in [-0.25, -0.2) is 4.79 Å². The lowest BCUT2D eigenvalue weighted by Gasteiger charge is -2.13. The second-order valence-electron chi connectivity index (χ2n) is 2.41. The highest BCUT2D eigenvalue weighted by atomic mass is 16.5. The molecular formula is C8H15NO4. The molecule has 0 aliphatic rings. The second-order valence-corrected chi connectivity index (χ2v) is 2.41. The molecule has 2 N–H and O–H groups in total. The molecule has 0 aliphatic carbocycles. The molecule has 5 heteroatoms. The van der Waals surface area contributed by atoms with E-state index in [0.717, 1.165) is 0 Å². The Hall–Kier alpha value is -1.10. The predicted molar refractivity (Wildman–Crippen MR) is 45.9 cm³/mol. The molecule has 0 saturated carbocycles. The van der Waals surface area contributed by atoms with Gasteiger partial charge in [-0.3, -0.25) is 4.79 Å². The fourth-order valence-electron chi connectivity index (χ4n) is 0.718. The van der Waals surface area contributed by atoms with Gasteiger partial charge in [0.05, 0.1) is 13.2 Å². The Morgan fingerprint density at radius 3 is 2.46 bits per heavy atom. The van der Waals surface area contributed by atoms with Gasteiger partial charge in [-0.2, -0.15) is 0 Å². The minimum Gasteiger partial charge on any atom is -0.464 e. The highest BCUT2D eigenvalue weighted by Crippen LogP contribution is 1.89. The molecule has 0 heterocycles. The van der Waals surface area contributed by atoms with Crippen molar-refractivity contribution >= 4 is 11.9 Å². The van der Waals surface area contributed by atoms with Gasteiger partial charge in [0.1, 0.15) is 0 Å². The quantitative estimate of drug-likeness (QED) is 0.568. The molecule has 76 valence electrons. The molecule has 13 heavy (non-hydrogen) atoms. The Morgan fingerprint density at radius 1 is 1.46 bits per heavy atom. The topological polar surface area (TPSA) is 75.6 Å². The third kappa shape index (κ3) is 4.47. The van der Waals surface area contributed by atoms with Crippen LogP contribution < -0.4 is 5.32 Å². The van der Waals surface area contributed by atoms with Crippen LogP contribution in [-0.4, -0.2) is 36.2 Å². The maximum Gasteiger partial charge on any atom is 0.331 e. The number of nitrogens with one attached hydrogen (secondary N) is 1. The summed E-state index contributed by atoms with van der Waals surface area (Å²) in [6.07, 6.45) is 0.274. The van der Waals surface area contributed by atoms with Crippen molar-refractivity contribution in [3.8, 4) is 0 Å². The molecule has 5 nitrogen and oxygen atoms in total. The minimum absolute atomic E-state index is 0.233. The van der Waals surface area contributed by atoms with Crippen LogP contribution in [0.3, 0.4) is 0 Å². The SMILES string of the molecule is CCOC(=O)C(CO)NC(=O)CC. The van der Waals surface area contributed by atoms with Gasteiger partial charge in [-0.15, -0.1) is 0 Å². The first-order valence-corrected chi connectivity index (χ1v) is 4.22. The number of carbonyl (C=O) groups excluding carboxylic acids is 2. The Kier molecular flexibility index (Phi) is 5.88. The molecule has 0 saturated heterocycles. The second kappa shape index (κ2) is 6.42. The summed E-state index contributed by atoms with van der Waals surface area (Å²) in [5.74, 6) is -0.890. The lowest BCUT2D eigenvalue weighted by atomic mass is 10.3. The van der Waals surface area contributed by atoms with Crippen LogP contribution in [0.25, 0.3) is 0 Å². The first kappa shape index (κ1) is 11.9. The van der Waals surface area contributed by atoms with Crippen LogP contribution in [0.15, 0.2) is 0 Å². The zero-order chi connectivity index (χ0) is 10.3. The largest absolute Gasteiger partial charge is 0.464 e. The smallest absolute Gasteiger partial charge is 0.331 e. The average molecular weight is 189 g/mol. The molecule has 0 aromatic heterocycles. The van der Waals surface area contributed by atoms with Crippen molar-refractivity contribution in [2.45, 2.75) is 26.3 Å². The number of aliphatic hydroxyl groups excluding tert-OH is 1. The number of aliphatic hydroxyl groups is 1. The van der Waals surface area contributed by atoms with Crippen molar-refractivity contribution in [1.29, 1.82) is 0 Å². The van der Waals surface area contributed by atoms with Gasteiger partial charge in [0, 0.05) is 6.42 Å². The van der Waals surface area contributed by atoms with Gasteiger partial charge in [0.25, 0.3) is 0 Å². The number of amides is 1. The van der Waals surface area contributed by atoms with E-state index in [1.165, 1.54) is 0 Å². The highest BCUT2D eigenvalue weighted by molar-refractivity contribution is 5.84. The van der Waals surface area contributed by atoms with Crippen LogP contribution in [0.5, 0.6) is 0 Å². The summed E-state index contributed by atoms with van der Waals surface area (Å²) in [6.45, 7) is 3.12. The summed E-state index contributed by atoms with van der Waals surface area (Å²) in [7, 11) is 0. The monoisotopic (exact) mass is 189 g/mol. The van der Waals surface area contributed by atoms with Gasteiger partial charge in [0.2, 0.25) is 5.91 Å². The van der Waals surface area contributed by atoms with E-state index >= 15 is 0 Å². The van der Waals surface area contributed by atoms with Crippen LogP contribution in [0.4, 0.5) is 0 Å². The van der Waals surface area contributed by atoms with Gasteiger partial charge >= 0.3 is 5.97 Å². The number of carbonyl (C=O) groups is 2. The van der Waals surface area contributed by atoms with Crippen molar-refractivity contribution in [3.05, 3.63) is 0 Å². The number of hydrogen-bond acceptors (Lipinski definition) is 4. The van der Waals surface area contributed by atoms with Crippen LogP contribution >= 0.6 is 0 Å². The van der Waals surface area contributed by atoms with E-state index in [-0.39, 0.29) is 18.9 Å². The van der Waals surface area contributed by atoms with E-state index in [1.54, 1.807) is 13.8 Å². The van der Waals surface area contributed by atoms with E-state index in [1.807, 2.05) is 0 Å². The minimum atomic E-state index is -0.938. The van der Waals surface area contributed by atoms with E-state index in [0.29, 0.717) is 0 Å². The molecule has 0 bridgehead atoms. The van der Waals surface area contributed by atoms with Gasteiger partial charge in [0.15, 0.2) is 6.04 Å². The summed E-state index contributed by atoms with van der Waals surface area (Å²) in [4.78, 5) is 21.9. The Balaban J connectivity index is 4.01. The number of hydrogen-bond donors (Lipinski definition) is 2. The maximum atomic E-state index is 11.0. The Bertz CT molecular complexity index is 181. The third-order valence-electron chi connectivity index (χ3n) is 1.41. The summed E-state index contributed by atoms with van der Waals surface area (Å²) < 4.78 is 4.63. The summed E-state index contributed by atoms with van der Waals surface area (Å²) >= 11 is 0. The summed E-state index contributed by atoms with van der Waals surface area (Å²) in [6, 6.07) is -0.938. The molecule has 1 amide bonds. The van der Waals surface area contributed by atoms with Crippen molar-refractivity contribution < 1.29 is 19.4 Å². The Morgan fingerprint density at radius 2 is 2.08 bits per heavy atom. The van der Waals surface area contributed by atoms with Crippen molar-refractivity contribution in [3.63, 3.8) is 0 Å². The zero-order valence-corrected chi connectivity index (χ0v) is 7.87. The van der Waals surface area contributed by atoms with Crippen LogP contribution in [0.1, 0.15) is 20.3 Å². The van der Waals surface area contributed by atoms with E-state index in [2.05, 4.69) is 10.1 Å². The lowest BCUT2D eigenvalue weighted by molar-refractivity contribution is -0.148. The molecule has 0 aliphatic heterocycles. The maximum absolute atomic E-state index is 11.0. The third-order valence-corrected chi connectivity index (χ3v) is 1.41. The summed E-state index contributed by atoms with van der Waals surface area (Å²) in [5.41, 5.74) is 0. The first-order chi connectivity index (χ1) is 6.15. The number of esters is 1. The Labute approximate surface area is 77.1 Å². The molecule has 1 atom stereocenters. The summed E-state index contributed by atoms with van der Waals surface area (Å²) in [5, 5.41) is 11.1. The fraction of sp³-hybridized carbons (Fsp3) is 0.750. The fourth-order valence-corrected chi connectivity index (χ4v) is 0.718.